The Morgan fingerprint density at radius 2 is 2.06 bits per heavy atom. The van der Waals surface area contributed by atoms with Crippen molar-refractivity contribution in [3.05, 3.63) is 0 Å². The lowest BCUT2D eigenvalue weighted by atomic mass is 9.68. The quantitative estimate of drug-likeness (QED) is 0.729. The Hall–Kier alpha value is -1.10. The maximum absolute atomic E-state index is 12.0. The highest BCUT2D eigenvalue weighted by Gasteiger charge is 2.51. The highest BCUT2D eigenvalue weighted by atomic mass is 16.4. The summed E-state index contributed by atoms with van der Waals surface area (Å²) in [5.41, 5.74) is -1.13. The van der Waals surface area contributed by atoms with Gasteiger partial charge in [0.25, 0.3) is 0 Å². The monoisotopic (exact) mass is 254 g/mol. The number of nitrogens with one attached hydrogen (secondary N) is 1. The van der Waals surface area contributed by atoms with Crippen molar-refractivity contribution in [2.45, 2.75) is 44.6 Å². The summed E-state index contributed by atoms with van der Waals surface area (Å²) in [4.78, 5) is 25.5. The second-order valence-electron chi connectivity index (χ2n) is 5.58. The predicted octanol–water partition coefficient (Wildman–Crippen LogP) is 0.842. The number of carboxylic acid groups (broad SMARTS) is 1. The van der Waals surface area contributed by atoms with Crippen molar-refractivity contribution in [3.63, 3.8) is 0 Å². The molecule has 5 heteroatoms. The van der Waals surface area contributed by atoms with E-state index in [4.69, 9.17) is 0 Å². The van der Waals surface area contributed by atoms with Crippen LogP contribution in [0, 0.1) is 5.41 Å². The Balaban J connectivity index is 1.86. The van der Waals surface area contributed by atoms with Crippen molar-refractivity contribution in [2.75, 3.05) is 20.1 Å². The average molecular weight is 254 g/mol. The Morgan fingerprint density at radius 1 is 1.33 bits per heavy atom. The molecule has 0 aromatic rings. The molecule has 1 atom stereocenters. The summed E-state index contributed by atoms with van der Waals surface area (Å²) in [5, 5.41) is 12.0. The Morgan fingerprint density at radius 3 is 2.56 bits per heavy atom. The fourth-order valence-electron chi connectivity index (χ4n) is 2.85. The van der Waals surface area contributed by atoms with Crippen molar-refractivity contribution in [1.29, 1.82) is 0 Å². The van der Waals surface area contributed by atoms with Gasteiger partial charge in [0, 0.05) is 12.6 Å². The lowest BCUT2D eigenvalue weighted by Crippen LogP contribution is -2.54. The molecule has 2 N–H and O–H groups in total. The van der Waals surface area contributed by atoms with Crippen LogP contribution in [0.25, 0.3) is 0 Å². The van der Waals surface area contributed by atoms with Crippen molar-refractivity contribution in [1.82, 2.24) is 10.2 Å². The number of piperidine rings is 1. The number of carbonyl (C=O) groups is 2. The molecule has 1 amide bonds. The van der Waals surface area contributed by atoms with Gasteiger partial charge in [-0.25, -0.2) is 0 Å². The lowest BCUT2D eigenvalue weighted by molar-refractivity contribution is -0.162. The fourth-order valence-corrected chi connectivity index (χ4v) is 2.85. The highest BCUT2D eigenvalue weighted by molar-refractivity contribution is 6.02. The molecule has 1 aliphatic carbocycles. The fraction of sp³-hybridized carbons (Fsp3) is 0.846. The van der Waals surface area contributed by atoms with Crippen LogP contribution in [0.3, 0.4) is 0 Å². The molecule has 2 rings (SSSR count). The molecular formula is C13H22N2O3. The van der Waals surface area contributed by atoms with Gasteiger partial charge in [-0.1, -0.05) is 12.8 Å². The van der Waals surface area contributed by atoms with E-state index >= 15 is 0 Å². The number of likely N-dealkylation sites (tertiary alicyclic amines) is 1. The molecule has 102 valence electrons. The van der Waals surface area contributed by atoms with Crippen LogP contribution in [0.4, 0.5) is 0 Å². The van der Waals surface area contributed by atoms with E-state index in [-0.39, 0.29) is 5.91 Å². The van der Waals surface area contributed by atoms with Crippen molar-refractivity contribution < 1.29 is 14.7 Å². The van der Waals surface area contributed by atoms with Gasteiger partial charge in [0.05, 0.1) is 0 Å². The third kappa shape index (κ3) is 2.36. The lowest BCUT2D eigenvalue weighted by Gasteiger charge is -2.37. The number of nitrogens with zero attached hydrogens (tertiary/aromatic N) is 1. The van der Waals surface area contributed by atoms with Crippen molar-refractivity contribution in [2.24, 2.45) is 5.41 Å². The van der Waals surface area contributed by atoms with Crippen LogP contribution < -0.4 is 5.32 Å². The van der Waals surface area contributed by atoms with Gasteiger partial charge in [0.1, 0.15) is 5.41 Å². The number of carboxylic acids is 1. The Labute approximate surface area is 108 Å². The molecule has 0 aromatic heterocycles. The molecule has 1 heterocycles. The second kappa shape index (κ2) is 5.26. The van der Waals surface area contributed by atoms with Crippen molar-refractivity contribution in [3.8, 4) is 0 Å². The topological polar surface area (TPSA) is 69.6 Å². The highest BCUT2D eigenvalue weighted by Crippen LogP contribution is 2.41. The number of carbonyl (C=O) groups excluding carboxylic acids is 1. The van der Waals surface area contributed by atoms with Gasteiger partial charge in [-0.3, -0.25) is 9.59 Å². The first-order valence-corrected chi connectivity index (χ1v) is 6.78. The molecule has 0 bridgehead atoms. The normalized spacial score (nSPS) is 27.3. The summed E-state index contributed by atoms with van der Waals surface area (Å²) < 4.78 is 0. The van der Waals surface area contributed by atoms with Crippen LogP contribution in [0.2, 0.25) is 0 Å². The van der Waals surface area contributed by atoms with E-state index in [2.05, 4.69) is 17.3 Å². The third-order valence-electron chi connectivity index (χ3n) is 4.47. The van der Waals surface area contributed by atoms with E-state index in [1.165, 1.54) is 12.8 Å². The summed E-state index contributed by atoms with van der Waals surface area (Å²) in [5.74, 6) is -1.26. The summed E-state index contributed by atoms with van der Waals surface area (Å²) in [6.45, 7) is 1.63. The molecule has 18 heavy (non-hydrogen) atoms. The summed E-state index contributed by atoms with van der Waals surface area (Å²) in [6, 6.07) is 0.355. The molecule has 2 aliphatic rings. The third-order valence-corrected chi connectivity index (χ3v) is 4.47. The number of hydrogen-bond acceptors (Lipinski definition) is 3. The Bertz CT molecular complexity index is 339. The van der Waals surface area contributed by atoms with Gasteiger partial charge in [0.15, 0.2) is 0 Å². The minimum atomic E-state index is -1.13. The van der Waals surface area contributed by atoms with E-state index in [1.54, 1.807) is 0 Å². The number of aliphatic carboxylic acids is 1. The van der Waals surface area contributed by atoms with E-state index < -0.39 is 11.4 Å². The molecule has 1 saturated heterocycles. The molecule has 1 saturated carbocycles. The summed E-state index contributed by atoms with van der Waals surface area (Å²) >= 11 is 0. The summed E-state index contributed by atoms with van der Waals surface area (Å²) in [6.07, 6.45) is 5.28. The van der Waals surface area contributed by atoms with Crippen LogP contribution >= 0.6 is 0 Å². The van der Waals surface area contributed by atoms with Crippen LogP contribution in [0.15, 0.2) is 0 Å². The van der Waals surface area contributed by atoms with Gasteiger partial charge in [-0.05, 0) is 39.3 Å². The maximum atomic E-state index is 12.0. The minimum absolute atomic E-state index is 0.291. The summed E-state index contributed by atoms with van der Waals surface area (Å²) in [7, 11) is 2.06. The molecule has 5 nitrogen and oxygen atoms in total. The molecule has 2 fully saturated rings. The number of hydrogen-bond donors (Lipinski definition) is 2. The molecule has 0 spiro atoms. The van der Waals surface area contributed by atoms with E-state index in [0.717, 1.165) is 19.4 Å². The number of amides is 1. The smallest absolute Gasteiger partial charge is 0.319 e. The van der Waals surface area contributed by atoms with E-state index in [9.17, 15) is 14.7 Å². The van der Waals surface area contributed by atoms with Crippen LogP contribution in [0.5, 0.6) is 0 Å². The van der Waals surface area contributed by atoms with Crippen LogP contribution in [-0.2, 0) is 9.59 Å². The maximum Gasteiger partial charge on any atom is 0.319 e. The van der Waals surface area contributed by atoms with E-state index in [0.29, 0.717) is 25.4 Å². The minimum Gasteiger partial charge on any atom is -0.480 e. The first-order valence-electron chi connectivity index (χ1n) is 6.78. The standard InChI is InChI=1S/C13H22N2O3/c1-15-8-3-2-5-10(15)9-14-11(16)13(12(17)18)6-4-7-13/h10H,2-9H2,1H3,(H,14,16)(H,17,18). The zero-order chi connectivity index (χ0) is 13.2. The van der Waals surface area contributed by atoms with Gasteiger partial charge >= 0.3 is 5.97 Å². The molecule has 1 aliphatic heterocycles. The largest absolute Gasteiger partial charge is 0.480 e. The zero-order valence-electron chi connectivity index (χ0n) is 10.9. The van der Waals surface area contributed by atoms with Gasteiger partial charge < -0.3 is 15.3 Å². The van der Waals surface area contributed by atoms with Crippen molar-refractivity contribution >= 4 is 11.9 Å². The van der Waals surface area contributed by atoms with Crippen LogP contribution in [0.1, 0.15) is 38.5 Å². The molecule has 0 radical (unpaired) electrons. The Kier molecular flexibility index (Phi) is 3.90. The van der Waals surface area contributed by atoms with Crippen LogP contribution in [-0.4, -0.2) is 48.1 Å². The zero-order valence-corrected chi connectivity index (χ0v) is 10.9. The molecular weight excluding hydrogens is 232 g/mol. The number of likely N-dealkylation sites (N-methyl/N-ethyl adjacent to an activating group) is 1. The second-order valence-corrected chi connectivity index (χ2v) is 5.58. The van der Waals surface area contributed by atoms with Gasteiger partial charge in [-0.2, -0.15) is 0 Å². The molecule has 0 aromatic carbocycles. The first kappa shape index (κ1) is 13.3. The van der Waals surface area contributed by atoms with E-state index in [1.807, 2.05) is 0 Å². The predicted molar refractivity (Wildman–Crippen MR) is 67.2 cm³/mol. The SMILES string of the molecule is CN1CCCCC1CNC(=O)C1(C(=O)O)CCC1. The first-order chi connectivity index (χ1) is 8.56. The number of rotatable bonds is 4. The van der Waals surface area contributed by atoms with Gasteiger partial charge in [-0.15, -0.1) is 0 Å². The average Bonchev–Trinajstić information content (AvgIpc) is 2.26. The molecule has 1 unspecified atom stereocenters. The van der Waals surface area contributed by atoms with Gasteiger partial charge in [0.2, 0.25) is 5.91 Å².